The van der Waals surface area contributed by atoms with Gasteiger partial charge in [-0.25, -0.2) is 0 Å². The van der Waals surface area contributed by atoms with Gasteiger partial charge in [0.05, 0.1) is 5.56 Å². The molecule has 88 valence electrons. The van der Waals surface area contributed by atoms with E-state index >= 15 is 0 Å². The second-order valence-electron chi connectivity index (χ2n) is 3.60. The Morgan fingerprint density at radius 2 is 2.00 bits per heavy atom. The fourth-order valence-corrected chi connectivity index (χ4v) is 1.39. The van der Waals surface area contributed by atoms with Crippen LogP contribution in [-0.4, -0.2) is 11.7 Å². The molecule has 0 aliphatic rings. The Hall–Kier alpha value is -1.29. The summed E-state index contributed by atoms with van der Waals surface area (Å²) >= 11 is 0. The molecule has 0 radical (unpaired) electrons. The first-order valence-corrected chi connectivity index (χ1v) is 4.87. The average Bonchev–Trinajstić information content (AvgIpc) is 2.17. The minimum Gasteiger partial charge on any atom is -0.396 e. The van der Waals surface area contributed by atoms with Gasteiger partial charge in [0.1, 0.15) is 0 Å². The Balaban J connectivity index is 2.79. The van der Waals surface area contributed by atoms with Crippen LogP contribution in [0.1, 0.15) is 17.5 Å². The van der Waals surface area contributed by atoms with E-state index in [0.717, 1.165) is 17.7 Å². The van der Waals surface area contributed by atoms with Gasteiger partial charge in [0.2, 0.25) is 0 Å². The molecule has 0 aliphatic carbocycles. The van der Waals surface area contributed by atoms with Crippen molar-refractivity contribution >= 4 is 0 Å². The van der Waals surface area contributed by atoms with Gasteiger partial charge >= 0.3 is 6.18 Å². The van der Waals surface area contributed by atoms with E-state index < -0.39 is 11.7 Å². The zero-order valence-electron chi connectivity index (χ0n) is 8.72. The normalized spacial score (nSPS) is 11.5. The molecule has 0 bridgehead atoms. The van der Waals surface area contributed by atoms with Crippen molar-refractivity contribution in [3.05, 3.63) is 47.5 Å². The van der Waals surface area contributed by atoms with Crippen molar-refractivity contribution in [3.63, 3.8) is 0 Å². The van der Waals surface area contributed by atoms with E-state index in [9.17, 15) is 13.2 Å². The van der Waals surface area contributed by atoms with Gasteiger partial charge in [-0.3, -0.25) is 0 Å². The maximum absolute atomic E-state index is 12.4. The van der Waals surface area contributed by atoms with Crippen LogP contribution in [0, 0.1) is 0 Å². The molecule has 16 heavy (non-hydrogen) atoms. The summed E-state index contributed by atoms with van der Waals surface area (Å²) in [5, 5.41) is 8.66. The number of aliphatic hydroxyl groups excluding tert-OH is 1. The Labute approximate surface area is 92.2 Å². The average molecular weight is 230 g/mol. The lowest BCUT2D eigenvalue weighted by molar-refractivity contribution is -0.137. The number of rotatable bonds is 4. The maximum Gasteiger partial charge on any atom is 0.416 e. The first-order chi connectivity index (χ1) is 7.43. The summed E-state index contributed by atoms with van der Waals surface area (Å²) in [5.74, 6) is 0. The van der Waals surface area contributed by atoms with Gasteiger partial charge in [0.15, 0.2) is 0 Å². The Morgan fingerprint density at radius 1 is 1.31 bits per heavy atom. The molecule has 1 aromatic carbocycles. The van der Waals surface area contributed by atoms with E-state index in [4.69, 9.17) is 5.11 Å². The molecule has 1 rings (SSSR count). The quantitative estimate of drug-likeness (QED) is 0.787. The lowest BCUT2D eigenvalue weighted by Gasteiger charge is -2.09. The molecule has 0 fully saturated rings. The van der Waals surface area contributed by atoms with E-state index in [2.05, 4.69) is 6.58 Å². The molecule has 0 amide bonds. The van der Waals surface area contributed by atoms with Crippen molar-refractivity contribution in [2.24, 2.45) is 0 Å². The molecule has 0 saturated carbocycles. The molecule has 0 unspecified atom stereocenters. The van der Waals surface area contributed by atoms with Crippen molar-refractivity contribution in [3.8, 4) is 0 Å². The fourth-order valence-electron chi connectivity index (χ4n) is 1.39. The highest BCUT2D eigenvalue weighted by atomic mass is 19.4. The Bertz CT molecular complexity index is 369. The summed E-state index contributed by atoms with van der Waals surface area (Å²) in [6.45, 7) is 3.66. The molecule has 0 aliphatic heterocycles. The molecule has 1 nitrogen and oxygen atoms in total. The molecular weight excluding hydrogens is 217 g/mol. The van der Waals surface area contributed by atoms with Crippen LogP contribution in [0.25, 0.3) is 0 Å². The highest BCUT2D eigenvalue weighted by Crippen LogP contribution is 2.29. The number of hydrogen-bond acceptors (Lipinski definition) is 1. The number of alkyl halides is 3. The topological polar surface area (TPSA) is 20.2 Å². The zero-order chi connectivity index (χ0) is 12.2. The molecule has 0 saturated heterocycles. The van der Waals surface area contributed by atoms with Gasteiger partial charge in [-0.2, -0.15) is 13.2 Å². The van der Waals surface area contributed by atoms with E-state index in [1.165, 1.54) is 6.07 Å². The SMILES string of the molecule is C=C(CCO)Cc1cccc(C(F)(F)F)c1. The van der Waals surface area contributed by atoms with E-state index in [1.54, 1.807) is 6.07 Å². The molecule has 4 heteroatoms. The van der Waals surface area contributed by atoms with Crippen LogP contribution in [0.3, 0.4) is 0 Å². The van der Waals surface area contributed by atoms with Crippen LogP contribution < -0.4 is 0 Å². The minimum absolute atomic E-state index is 0.0300. The number of benzene rings is 1. The highest BCUT2D eigenvalue weighted by molar-refractivity contribution is 5.28. The third kappa shape index (κ3) is 3.70. The van der Waals surface area contributed by atoms with Gasteiger partial charge in [-0.1, -0.05) is 30.4 Å². The summed E-state index contributed by atoms with van der Waals surface area (Å²) in [6, 6.07) is 5.16. The third-order valence-electron chi connectivity index (χ3n) is 2.17. The van der Waals surface area contributed by atoms with E-state index in [-0.39, 0.29) is 6.61 Å². The fraction of sp³-hybridized carbons (Fsp3) is 0.333. The third-order valence-corrected chi connectivity index (χ3v) is 2.17. The van der Waals surface area contributed by atoms with E-state index in [0.29, 0.717) is 18.4 Å². The second-order valence-corrected chi connectivity index (χ2v) is 3.60. The summed E-state index contributed by atoms with van der Waals surface area (Å²) in [6.07, 6.45) is -3.53. The van der Waals surface area contributed by atoms with Crippen LogP contribution in [0.5, 0.6) is 0 Å². The number of hydrogen-bond donors (Lipinski definition) is 1. The van der Waals surface area contributed by atoms with Crippen LogP contribution >= 0.6 is 0 Å². The number of aliphatic hydroxyl groups is 1. The van der Waals surface area contributed by atoms with Crippen LogP contribution in [-0.2, 0) is 12.6 Å². The van der Waals surface area contributed by atoms with Crippen molar-refractivity contribution in [1.29, 1.82) is 0 Å². The zero-order valence-corrected chi connectivity index (χ0v) is 8.72. The Kier molecular flexibility index (Phi) is 4.12. The first kappa shape index (κ1) is 12.8. The van der Waals surface area contributed by atoms with Gasteiger partial charge in [-0.15, -0.1) is 0 Å². The predicted molar refractivity (Wildman–Crippen MR) is 56.0 cm³/mol. The summed E-state index contributed by atoms with van der Waals surface area (Å²) < 4.78 is 37.2. The molecule has 0 spiro atoms. The standard InChI is InChI=1S/C12H13F3O/c1-9(5-6-16)7-10-3-2-4-11(8-10)12(13,14)15/h2-4,8,16H,1,5-7H2. The van der Waals surface area contributed by atoms with Gasteiger partial charge in [0.25, 0.3) is 0 Å². The predicted octanol–water partition coefficient (Wildman–Crippen LogP) is 3.19. The highest BCUT2D eigenvalue weighted by Gasteiger charge is 2.30. The smallest absolute Gasteiger partial charge is 0.396 e. The molecule has 1 N–H and O–H groups in total. The molecular formula is C12H13F3O. The Morgan fingerprint density at radius 3 is 2.56 bits per heavy atom. The van der Waals surface area contributed by atoms with Crippen LogP contribution in [0.15, 0.2) is 36.4 Å². The molecule has 0 atom stereocenters. The number of halogens is 3. The summed E-state index contributed by atoms with van der Waals surface area (Å²) in [5.41, 5.74) is 0.636. The van der Waals surface area contributed by atoms with Gasteiger partial charge in [-0.05, 0) is 24.5 Å². The maximum atomic E-state index is 12.4. The summed E-state index contributed by atoms with van der Waals surface area (Å²) in [4.78, 5) is 0. The van der Waals surface area contributed by atoms with Crippen molar-refractivity contribution < 1.29 is 18.3 Å². The monoisotopic (exact) mass is 230 g/mol. The second kappa shape index (κ2) is 5.16. The molecule has 0 aromatic heterocycles. The van der Waals surface area contributed by atoms with Crippen LogP contribution in [0.2, 0.25) is 0 Å². The van der Waals surface area contributed by atoms with E-state index in [1.807, 2.05) is 0 Å². The van der Waals surface area contributed by atoms with Gasteiger partial charge < -0.3 is 5.11 Å². The van der Waals surface area contributed by atoms with Crippen molar-refractivity contribution in [1.82, 2.24) is 0 Å². The van der Waals surface area contributed by atoms with Crippen molar-refractivity contribution in [2.75, 3.05) is 6.61 Å². The lowest BCUT2D eigenvalue weighted by Crippen LogP contribution is -2.05. The van der Waals surface area contributed by atoms with Gasteiger partial charge in [0, 0.05) is 6.61 Å². The largest absolute Gasteiger partial charge is 0.416 e. The molecule has 1 aromatic rings. The summed E-state index contributed by atoms with van der Waals surface area (Å²) in [7, 11) is 0. The van der Waals surface area contributed by atoms with Crippen molar-refractivity contribution in [2.45, 2.75) is 19.0 Å². The lowest BCUT2D eigenvalue weighted by atomic mass is 10.0. The first-order valence-electron chi connectivity index (χ1n) is 4.87. The van der Waals surface area contributed by atoms with Crippen LogP contribution in [0.4, 0.5) is 13.2 Å². The molecule has 0 heterocycles. The minimum atomic E-state index is -4.31.